The van der Waals surface area contributed by atoms with Crippen LogP contribution in [0.4, 0.5) is 0 Å². The predicted octanol–water partition coefficient (Wildman–Crippen LogP) is 2.34. The molecule has 2 aliphatic heterocycles. The van der Waals surface area contributed by atoms with Crippen LogP contribution in [-0.2, 0) is 21.3 Å². The second-order valence-corrected chi connectivity index (χ2v) is 9.90. The summed E-state index contributed by atoms with van der Waals surface area (Å²) in [5.74, 6) is 1.17. The maximum Gasteiger partial charge on any atom is 0.243 e. The van der Waals surface area contributed by atoms with Crippen molar-refractivity contribution in [3.63, 3.8) is 0 Å². The Morgan fingerprint density at radius 3 is 2.66 bits per heavy atom. The van der Waals surface area contributed by atoms with Crippen molar-refractivity contribution >= 4 is 16.0 Å². The molecular weight excluding hydrogens is 388 g/mol. The SMILES string of the molecule is CCNC(=NCc1ccc(S(=O)(=O)N2CCCC(C)C2)cc1)NCC1CCCO1. The molecule has 0 amide bonds. The Kier molecular flexibility index (Phi) is 7.91. The number of ether oxygens (including phenoxy) is 1. The lowest BCUT2D eigenvalue weighted by Crippen LogP contribution is -2.41. The molecule has 2 atom stereocenters. The number of guanidine groups is 1. The number of rotatable bonds is 7. The number of hydrogen-bond acceptors (Lipinski definition) is 4. The minimum absolute atomic E-state index is 0.251. The van der Waals surface area contributed by atoms with Gasteiger partial charge in [-0.25, -0.2) is 13.4 Å². The molecule has 7 nitrogen and oxygen atoms in total. The number of sulfonamides is 1. The van der Waals surface area contributed by atoms with E-state index < -0.39 is 10.0 Å². The van der Waals surface area contributed by atoms with Crippen molar-refractivity contribution in [2.24, 2.45) is 10.9 Å². The molecule has 2 heterocycles. The Morgan fingerprint density at radius 1 is 1.21 bits per heavy atom. The average Bonchev–Trinajstić information content (AvgIpc) is 3.24. The summed E-state index contributed by atoms with van der Waals surface area (Å²) in [4.78, 5) is 4.98. The zero-order valence-corrected chi connectivity index (χ0v) is 18.4. The van der Waals surface area contributed by atoms with E-state index in [0.29, 0.717) is 30.4 Å². The largest absolute Gasteiger partial charge is 0.376 e. The van der Waals surface area contributed by atoms with Crippen LogP contribution in [0.1, 0.15) is 45.1 Å². The van der Waals surface area contributed by atoms with Crippen LogP contribution in [0.3, 0.4) is 0 Å². The topological polar surface area (TPSA) is 83.0 Å². The number of piperidine rings is 1. The van der Waals surface area contributed by atoms with E-state index in [2.05, 4.69) is 22.5 Å². The molecule has 2 saturated heterocycles. The van der Waals surface area contributed by atoms with E-state index in [1.165, 1.54) is 0 Å². The molecule has 2 aliphatic rings. The molecule has 0 aromatic heterocycles. The molecule has 0 radical (unpaired) electrons. The van der Waals surface area contributed by atoms with Crippen molar-refractivity contribution in [3.8, 4) is 0 Å². The third-order valence-corrected chi connectivity index (χ3v) is 7.35. The van der Waals surface area contributed by atoms with E-state index in [9.17, 15) is 8.42 Å². The normalized spacial score (nSPS) is 23.9. The quantitative estimate of drug-likeness (QED) is 0.521. The lowest BCUT2D eigenvalue weighted by molar-refractivity contribution is 0.114. The number of nitrogens with one attached hydrogen (secondary N) is 2. The van der Waals surface area contributed by atoms with Crippen molar-refractivity contribution in [3.05, 3.63) is 29.8 Å². The highest BCUT2D eigenvalue weighted by Crippen LogP contribution is 2.23. The van der Waals surface area contributed by atoms with Crippen molar-refractivity contribution in [1.29, 1.82) is 0 Å². The smallest absolute Gasteiger partial charge is 0.243 e. The number of aliphatic imine (C=N–C) groups is 1. The molecule has 3 rings (SSSR count). The van der Waals surface area contributed by atoms with Crippen molar-refractivity contribution in [1.82, 2.24) is 14.9 Å². The lowest BCUT2D eigenvalue weighted by Gasteiger charge is -2.30. The number of benzene rings is 1. The molecule has 162 valence electrons. The maximum absolute atomic E-state index is 12.9. The van der Waals surface area contributed by atoms with Crippen LogP contribution in [0.2, 0.25) is 0 Å². The average molecular weight is 423 g/mol. The van der Waals surface area contributed by atoms with E-state index in [1.54, 1.807) is 16.4 Å². The van der Waals surface area contributed by atoms with Crippen LogP contribution < -0.4 is 10.6 Å². The first-order valence-electron chi connectivity index (χ1n) is 10.7. The molecule has 0 saturated carbocycles. The third kappa shape index (κ3) is 6.17. The highest BCUT2D eigenvalue weighted by molar-refractivity contribution is 7.89. The minimum Gasteiger partial charge on any atom is -0.376 e. The van der Waals surface area contributed by atoms with Gasteiger partial charge in [0.15, 0.2) is 5.96 Å². The second-order valence-electron chi connectivity index (χ2n) is 7.97. The monoisotopic (exact) mass is 422 g/mol. The van der Waals surface area contributed by atoms with Crippen molar-refractivity contribution < 1.29 is 13.2 Å². The summed E-state index contributed by atoms with van der Waals surface area (Å²) in [6.07, 6.45) is 4.47. The van der Waals surface area contributed by atoms with Crippen LogP contribution in [0.15, 0.2) is 34.2 Å². The molecule has 2 N–H and O–H groups in total. The van der Waals surface area contributed by atoms with Crippen molar-refractivity contribution in [2.45, 2.75) is 57.1 Å². The molecule has 0 spiro atoms. The molecule has 29 heavy (non-hydrogen) atoms. The molecule has 0 aliphatic carbocycles. The van der Waals surface area contributed by atoms with Gasteiger partial charge in [0, 0.05) is 32.8 Å². The summed E-state index contributed by atoms with van der Waals surface area (Å²) >= 11 is 0. The van der Waals surface area contributed by atoms with Gasteiger partial charge in [-0.2, -0.15) is 4.31 Å². The first-order valence-corrected chi connectivity index (χ1v) is 12.2. The fourth-order valence-corrected chi connectivity index (χ4v) is 5.41. The fourth-order valence-electron chi connectivity index (χ4n) is 3.81. The maximum atomic E-state index is 12.9. The van der Waals surface area contributed by atoms with Gasteiger partial charge in [0.1, 0.15) is 0 Å². The molecule has 0 bridgehead atoms. The van der Waals surface area contributed by atoms with E-state index in [-0.39, 0.29) is 6.10 Å². The predicted molar refractivity (Wildman–Crippen MR) is 115 cm³/mol. The molecular formula is C21H34N4O3S. The Hall–Kier alpha value is -1.64. The highest BCUT2D eigenvalue weighted by atomic mass is 32.2. The fraction of sp³-hybridized carbons (Fsp3) is 0.667. The van der Waals surface area contributed by atoms with Gasteiger partial charge >= 0.3 is 0 Å². The van der Waals surface area contributed by atoms with Gasteiger partial charge in [0.25, 0.3) is 0 Å². The molecule has 8 heteroatoms. The van der Waals surface area contributed by atoms with Crippen LogP contribution in [0.5, 0.6) is 0 Å². The third-order valence-electron chi connectivity index (χ3n) is 5.47. The highest BCUT2D eigenvalue weighted by Gasteiger charge is 2.28. The van der Waals surface area contributed by atoms with Crippen molar-refractivity contribution in [2.75, 3.05) is 32.8 Å². The van der Waals surface area contributed by atoms with Crippen LogP contribution in [0, 0.1) is 5.92 Å². The van der Waals surface area contributed by atoms with Gasteiger partial charge in [-0.1, -0.05) is 19.1 Å². The second kappa shape index (κ2) is 10.4. The van der Waals surface area contributed by atoms with E-state index in [4.69, 9.17) is 4.74 Å². The zero-order valence-electron chi connectivity index (χ0n) is 17.6. The molecule has 1 aromatic rings. The molecule has 1 aromatic carbocycles. The summed E-state index contributed by atoms with van der Waals surface area (Å²) in [6, 6.07) is 7.11. The zero-order chi connectivity index (χ0) is 20.7. The Morgan fingerprint density at radius 2 is 2.00 bits per heavy atom. The summed E-state index contributed by atoms with van der Waals surface area (Å²) in [6.45, 7) is 8.22. The molecule has 2 unspecified atom stereocenters. The number of nitrogens with zero attached hydrogens (tertiary/aromatic N) is 2. The van der Waals surface area contributed by atoms with Crippen LogP contribution >= 0.6 is 0 Å². The standard InChI is InChI=1S/C21H34N4O3S/c1-3-22-21(24-15-19-7-5-13-28-19)23-14-18-8-10-20(11-9-18)29(26,27)25-12-4-6-17(2)16-25/h8-11,17,19H,3-7,12-16H2,1-2H3,(H2,22,23,24). The van der Waals surface area contributed by atoms with Gasteiger partial charge < -0.3 is 15.4 Å². The van der Waals surface area contributed by atoms with E-state index in [0.717, 1.165) is 56.9 Å². The Labute approximate surface area is 175 Å². The Bertz CT molecular complexity index is 774. The van der Waals surface area contributed by atoms with Gasteiger partial charge in [0.05, 0.1) is 17.5 Å². The molecule has 2 fully saturated rings. The van der Waals surface area contributed by atoms with Crippen LogP contribution in [0.25, 0.3) is 0 Å². The van der Waals surface area contributed by atoms with Gasteiger partial charge in [-0.3, -0.25) is 0 Å². The minimum atomic E-state index is -3.41. The lowest BCUT2D eigenvalue weighted by atomic mass is 10.0. The van der Waals surface area contributed by atoms with Gasteiger partial charge in [0.2, 0.25) is 10.0 Å². The first-order chi connectivity index (χ1) is 14.0. The summed E-state index contributed by atoms with van der Waals surface area (Å²) < 4.78 is 33.0. The Balaban J connectivity index is 1.60. The van der Waals surface area contributed by atoms with E-state index in [1.807, 2.05) is 19.1 Å². The van der Waals surface area contributed by atoms with E-state index >= 15 is 0 Å². The van der Waals surface area contributed by atoms with Gasteiger partial charge in [-0.15, -0.1) is 0 Å². The van der Waals surface area contributed by atoms with Gasteiger partial charge in [-0.05, 0) is 56.2 Å². The number of hydrogen-bond donors (Lipinski definition) is 2. The first kappa shape index (κ1) is 22.1. The summed E-state index contributed by atoms with van der Waals surface area (Å²) in [5.41, 5.74) is 0.977. The van der Waals surface area contributed by atoms with Crippen LogP contribution in [-0.4, -0.2) is 57.6 Å². The summed E-state index contributed by atoms with van der Waals surface area (Å²) in [5, 5.41) is 6.57. The summed E-state index contributed by atoms with van der Waals surface area (Å²) in [7, 11) is -3.41.